The molecule has 7 heteroatoms. The zero-order valence-electron chi connectivity index (χ0n) is 13.7. The van der Waals surface area contributed by atoms with Gasteiger partial charge in [0.05, 0.1) is 11.0 Å². The van der Waals surface area contributed by atoms with Crippen molar-refractivity contribution in [1.29, 1.82) is 0 Å². The van der Waals surface area contributed by atoms with Gasteiger partial charge in [0.15, 0.2) is 0 Å². The molecule has 0 unspecified atom stereocenters. The molecule has 1 saturated carbocycles. The zero-order chi connectivity index (χ0) is 18.1. The Hall–Kier alpha value is -1.63. The first-order chi connectivity index (χ1) is 11.0. The lowest BCUT2D eigenvalue weighted by Gasteiger charge is -2.32. The molecule has 0 aliphatic heterocycles. The van der Waals surface area contributed by atoms with Gasteiger partial charge in [-0.15, -0.1) is 0 Å². The van der Waals surface area contributed by atoms with E-state index in [-0.39, 0.29) is 30.0 Å². The van der Waals surface area contributed by atoms with Gasteiger partial charge in [-0.2, -0.15) is 13.2 Å². The second kappa shape index (κ2) is 6.70. The third kappa shape index (κ3) is 3.88. The maximum absolute atomic E-state index is 13.4. The van der Waals surface area contributed by atoms with Crippen LogP contribution in [-0.2, 0) is 17.5 Å². The zero-order valence-corrected chi connectivity index (χ0v) is 13.7. The van der Waals surface area contributed by atoms with Crippen LogP contribution >= 0.6 is 0 Å². The molecule has 1 amide bonds. The number of nitrogens with two attached hydrogens (primary N) is 1. The average Bonchev–Trinajstić information content (AvgIpc) is 2.87. The quantitative estimate of drug-likeness (QED) is 0.818. The highest BCUT2D eigenvalue weighted by atomic mass is 19.4. The number of halogens is 4. The summed E-state index contributed by atoms with van der Waals surface area (Å²) in [6.45, 7) is 3.71. The van der Waals surface area contributed by atoms with Crippen LogP contribution in [0.2, 0.25) is 0 Å². The summed E-state index contributed by atoms with van der Waals surface area (Å²) in [6.07, 6.45) is -2.69. The third-order valence-electron chi connectivity index (χ3n) is 4.88. The van der Waals surface area contributed by atoms with Crippen molar-refractivity contribution in [3.8, 4) is 0 Å². The highest BCUT2D eigenvalue weighted by molar-refractivity contribution is 5.83. The van der Waals surface area contributed by atoms with Gasteiger partial charge in [-0.05, 0) is 48.9 Å². The summed E-state index contributed by atoms with van der Waals surface area (Å²) in [5.74, 6) is -1.15. The second-order valence-electron chi connectivity index (χ2n) is 6.84. The number of carbonyl (C=O) groups excluding carboxylic acids is 1. The van der Waals surface area contributed by atoms with Crippen LogP contribution in [0.4, 0.5) is 17.6 Å². The lowest BCUT2D eigenvalue weighted by Crippen LogP contribution is -2.43. The molecule has 3 N–H and O–H groups in total. The molecule has 0 bridgehead atoms. The largest absolute Gasteiger partial charge is 0.416 e. The van der Waals surface area contributed by atoms with E-state index in [4.69, 9.17) is 5.73 Å². The van der Waals surface area contributed by atoms with E-state index in [9.17, 15) is 22.4 Å². The van der Waals surface area contributed by atoms with Gasteiger partial charge in [0.2, 0.25) is 5.91 Å². The van der Waals surface area contributed by atoms with E-state index in [2.05, 4.69) is 5.32 Å². The Morgan fingerprint density at radius 2 is 2.04 bits per heavy atom. The van der Waals surface area contributed by atoms with E-state index in [1.165, 1.54) is 0 Å². The number of hydrogen-bond donors (Lipinski definition) is 2. The molecule has 24 heavy (non-hydrogen) atoms. The molecule has 0 aromatic heterocycles. The van der Waals surface area contributed by atoms with Crippen LogP contribution in [-0.4, -0.2) is 11.9 Å². The summed E-state index contributed by atoms with van der Waals surface area (Å²) in [5, 5.41) is 2.66. The van der Waals surface area contributed by atoms with E-state index in [0.717, 1.165) is 18.6 Å². The highest BCUT2D eigenvalue weighted by Gasteiger charge is 2.46. The van der Waals surface area contributed by atoms with Gasteiger partial charge in [-0.3, -0.25) is 4.79 Å². The fraction of sp³-hybridized carbons (Fsp3) is 0.588. The third-order valence-corrected chi connectivity index (χ3v) is 4.88. The summed E-state index contributed by atoms with van der Waals surface area (Å²) in [5.41, 5.74) is 4.33. The minimum atomic E-state index is -4.63. The lowest BCUT2D eigenvalue weighted by molar-refractivity contribution is -0.137. The standard InChI is InChI=1S/C17H22F4N2O/c1-10(2)16(4-3-14(22)8-16)15(24)23-9-11-5-12(17(19,20)21)7-13(18)6-11/h5-7,10,14H,3-4,8-9,22H2,1-2H3,(H,23,24)/t14-,16+/m1/s1. The molecule has 2 rings (SSSR count). The van der Waals surface area contributed by atoms with Gasteiger partial charge in [-0.25, -0.2) is 4.39 Å². The van der Waals surface area contributed by atoms with Crippen molar-refractivity contribution in [2.45, 2.75) is 51.9 Å². The monoisotopic (exact) mass is 346 g/mol. The van der Waals surface area contributed by atoms with Crippen molar-refractivity contribution in [1.82, 2.24) is 5.32 Å². The molecular formula is C17H22F4N2O. The van der Waals surface area contributed by atoms with Crippen LogP contribution in [0, 0.1) is 17.2 Å². The predicted octanol–water partition coefficient (Wildman–Crippen LogP) is 3.61. The van der Waals surface area contributed by atoms with Gasteiger partial charge in [-0.1, -0.05) is 13.8 Å². The van der Waals surface area contributed by atoms with Crippen molar-refractivity contribution in [3.05, 3.63) is 35.1 Å². The van der Waals surface area contributed by atoms with E-state index < -0.39 is 23.0 Å². The summed E-state index contributed by atoms with van der Waals surface area (Å²) in [6, 6.07) is 2.24. The Balaban J connectivity index is 2.13. The van der Waals surface area contributed by atoms with Gasteiger partial charge in [0.25, 0.3) is 0 Å². The van der Waals surface area contributed by atoms with Crippen LogP contribution in [0.5, 0.6) is 0 Å². The van der Waals surface area contributed by atoms with E-state index >= 15 is 0 Å². The Labute approximate surface area is 138 Å². The highest BCUT2D eigenvalue weighted by Crippen LogP contribution is 2.44. The first kappa shape index (κ1) is 18.7. The molecule has 134 valence electrons. The normalized spacial score (nSPS) is 24.4. The molecule has 1 aliphatic carbocycles. The van der Waals surface area contributed by atoms with Crippen molar-refractivity contribution in [3.63, 3.8) is 0 Å². The van der Waals surface area contributed by atoms with Gasteiger partial charge < -0.3 is 11.1 Å². The minimum absolute atomic E-state index is 0.0517. The van der Waals surface area contributed by atoms with Crippen LogP contribution < -0.4 is 11.1 Å². The SMILES string of the molecule is CC(C)[C@]1(C(=O)NCc2cc(F)cc(C(F)(F)F)c2)CC[C@@H](N)C1. The fourth-order valence-corrected chi connectivity index (χ4v) is 3.38. The number of nitrogens with one attached hydrogen (secondary N) is 1. The Morgan fingerprint density at radius 1 is 1.38 bits per heavy atom. The Kier molecular flexibility index (Phi) is 5.22. The van der Waals surface area contributed by atoms with Crippen molar-refractivity contribution in [2.75, 3.05) is 0 Å². The summed E-state index contributed by atoms with van der Waals surface area (Å²) in [4.78, 5) is 12.6. The van der Waals surface area contributed by atoms with Gasteiger partial charge >= 0.3 is 6.18 Å². The van der Waals surface area contributed by atoms with E-state index in [0.29, 0.717) is 18.9 Å². The summed E-state index contributed by atoms with van der Waals surface area (Å²) < 4.78 is 51.6. The second-order valence-corrected chi connectivity index (χ2v) is 6.84. The number of carbonyl (C=O) groups is 1. The lowest BCUT2D eigenvalue weighted by atomic mass is 9.74. The van der Waals surface area contributed by atoms with Crippen molar-refractivity contribution < 1.29 is 22.4 Å². The fourth-order valence-electron chi connectivity index (χ4n) is 3.38. The summed E-state index contributed by atoms with van der Waals surface area (Å²) >= 11 is 0. The Morgan fingerprint density at radius 3 is 2.54 bits per heavy atom. The molecule has 1 aliphatic rings. The Bertz CT molecular complexity index is 615. The molecule has 1 fully saturated rings. The number of rotatable bonds is 4. The van der Waals surface area contributed by atoms with E-state index in [1.54, 1.807) is 0 Å². The molecule has 1 aromatic carbocycles. The number of hydrogen-bond acceptors (Lipinski definition) is 2. The predicted molar refractivity (Wildman–Crippen MR) is 82.3 cm³/mol. The summed E-state index contributed by atoms with van der Waals surface area (Å²) in [7, 11) is 0. The maximum atomic E-state index is 13.4. The molecule has 0 radical (unpaired) electrons. The maximum Gasteiger partial charge on any atom is 0.416 e. The van der Waals surface area contributed by atoms with Gasteiger partial charge in [0, 0.05) is 12.6 Å². The number of amides is 1. The molecule has 0 saturated heterocycles. The number of benzene rings is 1. The van der Waals surface area contributed by atoms with Crippen LogP contribution in [0.1, 0.15) is 44.2 Å². The first-order valence-corrected chi connectivity index (χ1v) is 7.95. The first-order valence-electron chi connectivity index (χ1n) is 7.95. The molecular weight excluding hydrogens is 324 g/mol. The van der Waals surface area contributed by atoms with Crippen LogP contribution in [0.3, 0.4) is 0 Å². The topological polar surface area (TPSA) is 55.1 Å². The molecule has 0 spiro atoms. The average molecular weight is 346 g/mol. The molecule has 0 heterocycles. The van der Waals surface area contributed by atoms with E-state index in [1.807, 2.05) is 13.8 Å². The van der Waals surface area contributed by atoms with Crippen LogP contribution in [0.15, 0.2) is 18.2 Å². The molecule has 3 nitrogen and oxygen atoms in total. The minimum Gasteiger partial charge on any atom is -0.352 e. The van der Waals surface area contributed by atoms with Crippen molar-refractivity contribution in [2.24, 2.45) is 17.1 Å². The van der Waals surface area contributed by atoms with Gasteiger partial charge in [0.1, 0.15) is 5.82 Å². The van der Waals surface area contributed by atoms with Crippen LogP contribution in [0.25, 0.3) is 0 Å². The van der Waals surface area contributed by atoms with Crippen molar-refractivity contribution >= 4 is 5.91 Å². The smallest absolute Gasteiger partial charge is 0.352 e. The molecule has 2 atom stereocenters. The number of alkyl halides is 3. The molecule has 1 aromatic rings.